The van der Waals surface area contributed by atoms with Crippen LogP contribution in [0.2, 0.25) is 0 Å². The molecule has 0 saturated carbocycles. The molecule has 0 aliphatic carbocycles. The number of carbonyl (C=O) groups is 2. The highest BCUT2D eigenvalue weighted by Gasteiger charge is 2.30. The van der Waals surface area contributed by atoms with Crippen LogP contribution in [0, 0.1) is 5.82 Å². The van der Waals surface area contributed by atoms with Gasteiger partial charge in [-0.25, -0.2) is 4.39 Å². The van der Waals surface area contributed by atoms with E-state index < -0.39 is 11.8 Å². The fraction of sp³-hybridized carbons (Fsp3) is 0.529. The molecule has 1 aliphatic heterocycles. The Labute approximate surface area is 145 Å². The summed E-state index contributed by atoms with van der Waals surface area (Å²) in [5, 5.41) is 0. The molecule has 1 aliphatic rings. The van der Waals surface area contributed by atoms with Crippen molar-refractivity contribution in [1.82, 2.24) is 4.90 Å². The van der Waals surface area contributed by atoms with Gasteiger partial charge in [0.05, 0.1) is 20.1 Å². The first-order valence-electron chi connectivity index (χ1n) is 7.95. The lowest BCUT2D eigenvalue weighted by atomic mass is 10.1. The molecular formula is C17H22FNO6. The average Bonchev–Trinajstić information content (AvgIpc) is 3.03. The van der Waals surface area contributed by atoms with Gasteiger partial charge in [0.1, 0.15) is 0 Å². The van der Waals surface area contributed by atoms with Crippen LogP contribution in [-0.2, 0) is 32.2 Å². The zero-order valence-electron chi connectivity index (χ0n) is 14.6. The molecule has 25 heavy (non-hydrogen) atoms. The van der Waals surface area contributed by atoms with E-state index >= 15 is 0 Å². The van der Waals surface area contributed by atoms with Gasteiger partial charge in [-0.1, -0.05) is 0 Å². The molecule has 1 amide bonds. The molecule has 0 fully saturated rings. The van der Waals surface area contributed by atoms with Gasteiger partial charge in [0.15, 0.2) is 24.1 Å². The number of fused-ring (bicyclic) bond motifs is 1. The van der Waals surface area contributed by atoms with Crippen LogP contribution in [0.5, 0.6) is 11.5 Å². The largest absolute Gasteiger partial charge is 0.493 e. The lowest BCUT2D eigenvalue weighted by molar-refractivity contribution is -0.145. The van der Waals surface area contributed by atoms with E-state index in [0.717, 1.165) is 0 Å². The molecule has 1 heterocycles. The number of amides is 1. The van der Waals surface area contributed by atoms with Gasteiger partial charge in [0, 0.05) is 32.2 Å². The molecule has 8 heteroatoms. The summed E-state index contributed by atoms with van der Waals surface area (Å²) in [6.07, 6.45) is 0.0339. The minimum Gasteiger partial charge on any atom is -0.493 e. The van der Waals surface area contributed by atoms with E-state index in [1.165, 1.54) is 19.1 Å². The molecule has 0 saturated heterocycles. The second kappa shape index (κ2) is 8.66. The highest BCUT2D eigenvalue weighted by atomic mass is 19.1. The number of hydrogen-bond donors (Lipinski definition) is 0. The van der Waals surface area contributed by atoms with Crippen LogP contribution in [0.4, 0.5) is 4.39 Å². The standard InChI is InChI=1S/C17H22FNO6/c1-4-24-15(21)6-5-14(20)19-8-11-7-13(23-3)17(25-10-22-2)16(18)12(11)9-19/h7H,4-6,8-10H2,1-3H3. The van der Waals surface area contributed by atoms with Crippen molar-refractivity contribution >= 4 is 11.9 Å². The molecule has 1 aromatic rings. The number of esters is 1. The number of methoxy groups -OCH3 is 2. The highest BCUT2D eigenvalue weighted by Crippen LogP contribution is 2.38. The number of benzene rings is 1. The van der Waals surface area contributed by atoms with Crippen LogP contribution < -0.4 is 9.47 Å². The number of carbonyl (C=O) groups excluding carboxylic acids is 2. The zero-order valence-corrected chi connectivity index (χ0v) is 14.6. The molecule has 2 rings (SSSR count). The fourth-order valence-corrected chi connectivity index (χ4v) is 2.64. The van der Waals surface area contributed by atoms with Gasteiger partial charge in [0.25, 0.3) is 0 Å². The number of hydrogen-bond acceptors (Lipinski definition) is 6. The second-order valence-corrected chi connectivity index (χ2v) is 5.47. The van der Waals surface area contributed by atoms with Gasteiger partial charge < -0.3 is 23.8 Å². The molecule has 0 atom stereocenters. The summed E-state index contributed by atoms with van der Waals surface area (Å²) >= 11 is 0. The topological polar surface area (TPSA) is 74.3 Å². The lowest BCUT2D eigenvalue weighted by Gasteiger charge is -2.15. The molecule has 7 nitrogen and oxygen atoms in total. The Balaban J connectivity index is 2.09. The SMILES string of the molecule is CCOC(=O)CCC(=O)N1Cc2cc(OC)c(OCOC)c(F)c2C1. The van der Waals surface area contributed by atoms with Gasteiger partial charge in [-0.2, -0.15) is 0 Å². The van der Waals surface area contributed by atoms with Crippen LogP contribution in [0.1, 0.15) is 30.9 Å². The Hall–Kier alpha value is -2.35. The van der Waals surface area contributed by atoms with Crippen molar-refractivity contribution in [2.24, 2.45) is 0 Å². The summed E-state index contributed by atoms with van der Waals surface area (Å²) in [5.41, 5.74) is 1.04. The average molecular weight is 355 g/mol. The summed E-state index contributed by atoms with van der Waals surface area (Å²) in [6, 6.07) is 1.65. The van der Waals surface area contributed by atoms with Crippen LogP contribution in [0.25, 0.3) is 0 Å². The maximum atomic E-state index is 14.7. The molecule has 1 aromatic carbocycles. The van der Waals surface area contributed by atoms with Crippen LogP contribution in [-0.4, -0.2) is 44.4 Å². The predicted octanol–water partition coefficient (Wildman–Crippen LogP) is 2.00. The molecule has 138 valence electrons. The van der Waals surface area contributed by atoms with Crippen molar-refractivity contribution in [1.29, 1.82) is 0 Å². The summed E-state index contributed by atoms with van der Waals surface area (Å²) < 4.78 is 34.7. The van der Waals surface area contributed by atoms with Crippen LogP contribution in [0.3, 0.4) is 0 Å². The van der Waals surface area contributed by atoms with E-state index in [-0.39, 0.29) is 56.7 Å². The Kier molecular flexibility index (Phi) is 6.58. The zero-order chi connectivity index (χ0) is 18.4. The third-order valence-corrected chi connectivity index (χ3v) is 3.83. The normalized spacial score (nSPS) is 12.7. The van der Waals surface area contributed by atoms with E-state index in [1.807, 2.05) is 0 Å². The predicted molar refractivity (Wildman–Crippen MR) is 85.6 cm³/mol. The van der Waals surface area contributed by atoms with Crippen LogP contribution in [0.15, 0.2) is 6.07 Å². The summed E-state index contributed by atoms with van der Waals surface area (Å²) in [4.78, 5) is 25.1. The lowest BCUT2D eigenvalue weighted by Crippen LogP contribution is -2.26. The minimum atomic E-state index is -0.563. The maximum Gasteiger partial charge on any atom is 0.306 e. The third-order valence-electron chi connectivity index (χ3n) is 3.83. The quantitative estimate of drug-likeness (QED) is 0.525. The minimum absolute atomic E-state index is 0.00746. The number of ether oxygens (including phenoxy) is 4. The molecule has 0 unspecified atom stereocenters. The van der Waals surface area contributed by atoms with Crippen molar-refractivity contribution in [2.75, 3.05) is 27.6 Å². The van der Waals surface area contributed by atoms with E-state index in [9.17, 15) is 14.0 Å². The maximum absolute atomic E-state index is 14.7. The van der Waals surface area contributed by atoms with Gasteiger partial charge >= 0.3 is 5.97 Å². The Morgan fingerprint density at radius 2 is 2.00 bits per heavy atom. The highest BCUT2D eigenvalue weighted by molar-refractivity contribution is 5.82. The van der Waals surface area contributed by atoms with Crippen molar-refractivity contribution < 1.29 is 32.9 Å². The van der Waals surface area contributed by atoms with E-state index in [1.54, 1.807) is 13.0 Å². The first kappa shape index (κ1) is 19.0. The third kappa shape index (κ3) is 4.39. The molecule has 0 N–H and O–H groups in total. The van der Waals surface area contributed by atoms with E-state index in [4.69, 9.17) is 18.9 Å². The fourth-order valence-electron chi connectivity index (χ4n) is 2.64. The Morgan fingerprint density at radius 1 is 1.24 bits per heavy atom. The Morgan fingerprint density at radius 3 is 2.64 bits per heavy atom. The molecule has 0 spiro atoms. The van der Waals surface area contributed by atoms with Gasteiger partial charge in [-0.05, 0) is 18.6 Å². The smallest absolute Gasteiger partial charge is 0.306 e. The molecule has 0 bridgehead atoms. The van der Waals surface area contributed by atoms with Crippen molar-refractivity contribution in [3.05, 3.63) is 23.0 Å². The molecule has 0 aromatic heterocycles. The number of rotatable bonds is 8. The van der Waals surface area contributed by atoms with E-state index in [0.29, 0.717) is 11.1 Å². The van der Waals surface area contributed by atoms with Gasteiger partial charge in [-0.3, -0.25) is 9.59 Å². The Bertz CT molecular complexity index is 649. The monoisotopic (exact) mass is 355 g/mol. The number of nitrogens with zero attached hydrogens (tertiary/aromatic N) is 1. The second-order valence-electron chi connectivity index (χ2n) is 5.47. The van der Waals surface area contributed by atoms with Crippen molar-refractivity contribution in [3.8, 4) is 11.5 Å². The summed E-state index contributed by atoms with van der Waals surface area (Å²) in [6.45, 7) is 2.24. The molecular weight excluding hydrogens is 333 g/mol. The van der Waals surface area contributed by atoms with Crippen molar-refractivity contribution in [3.63, 3.8) is 0 Å². The van der Waals surface area contributed by atoms with Crippen molar-refractivity contribution in [2.45, 2.75) is 32.9 Å². The van der Waals surface area contributed by atoms with Crippen LogP contribution >= 0.6 is 0 Å². The van der Waals surface area contributed by atoms with E-state index in [2.05, 4.69) is 0 Å². The first-order chi connectivity index (χ1) is 12.0. The van der Waals surface area contributed by atoms with Gasteiger partial charge in [-0.15, -0.1) is 0 Å². The summed E-state index contributed by atoms with van der Waals surface area (Å²) in [7, 11) is 2.85. The summed E-state index contributed by atoms with van der Waals surface area (Å²) in [5.74, 6) is -1.01. The van der Waals surface area contributed by atoms with Gasteiger partial charge in [0.2, 0.25) is 5.91 Å². The number of halogens is 1. The molecule has 0 radical (unpaired) electrons. The first-order valence-corrected chi connectivity index (χ1v) is 7.95.